The van der Waals surface area contributed by atoms with Gasteiger partial charge in [-0.2, -0.15) is 0 Å². The van der Waals surface area contributed by atoms with Gasteiger partial charge in [-0.15, -0.1) is 0 Å². The van der Waals surface area contributed by atoms with Crippen LogP contribution < -0.4 is 9.47 Å². The van der Waals surface area contributed by atoms with E-state index in [-0.39, 0.29) is 24.6 Å². The summed E-state index contributed by atoms with van der Waals surface area (Å²) in [6, 6.07) is 3.74. The standard InChI is InChI=1S/C20H26O6/c1-4-6-23-19(21)17-12(3)8-13-9-15-16(26-11-25-15)10-14(13)18(17)20(22)24-7-5-2/h9-10,12,17-18H,4-8,11H2,1-3H3. The van der Waals surface area contributed by atoms with Crippen molar-refractivity contribution in [1.82, 2.24) is 0 Å². The van der Waals surface area contributed by atoms with Gasteiger partial charge >= 0.3 is 11.9 Å². The van der Waals surface area contributed by atoms with Crippen LogP contribution in [0.5, 0.6) is 11.5 Å². The van der Waals surface area contributed by atoms with Crippen LogP contribution in [0, 0.1) is 11.8 Å². The van der Waals surface area contributed by atoms with Crippen LogP contribution in [0.4, 0.5) is 0 Å². The van der Waals surface area contributed by atoms with Crippen LogP contribution in [0.15, 0.2) is 12.1 Å². The van der Waals surface area contributed by atoms with Gasteiger partial charge in [0.2, 0.25) is 6.79 Å². The van der Waals surface area contributed by atoms with E-state index in [0.29, 0.717) is 31.1 Å². The van der Waals surface area contributed by atoms with Crippen molar-refractivity contribution in [2.75, 3.05) is 20.0 Å². The minimum atomic E-state index is -0.681. The monoisotopic (exact) mass is 362 g/mol. The second-order valence-electron chi connectivity index (χ2n) is 6.92. The summed E-state index contributed by atoms with van der Waals surface area (Å²) in [5, 5.41) is 0. The minimum Gasteiger partial charge on any atom is -0.465 e. The van der Waals surface area contributed by atoms with Gasteiger partial charge in [0.05, 0.1) is 25.0 Å². The number of fused-ring (bicyclic) bond motifs is 2. The van der Waals surface area contributed by atoms with Gasteiger partial charge in [-0.05, 0) is 48.4 Å². The van der Waals surface area contributed by atoms with Gasteiger partial charge in [0.1, 0.15) is 0 Å². The average molecular weight is 362 g/mol. The maximum atomic E-state index is 12.9. The molecule has 1 aliphatic heterocycles. The van der Waals surface area contributed by atoms with E-state index < -0.39 is 11.8 Å². The Bertz CT molecular complexity index is 683. The molecule has 1 heterocycles. The highest BCUT2D eigenvalue weighted by Gasteiger charge is 2.45. The lowest BCUT2D eigenvalue weighted by Gasteiger charge is -2.35. The van der Waals surface area contributed by atoms with Crippen molar-refractivity contribution in [1.29, 1.82) is 0 Å². The number of hydrogen-bond acceptors (Lipinski definition) is 6. The number of benzene rings is 1. The highest BCUT2D eigenvalue weighted by molar-refractivity contribution is 5.88. The van der Waals surface area contributed by atoms with Crippen molar-refractivity contribution >= 4 is 11.9 Å². The molecule has 0 fully saturated rings. The van der Waals surface area contributed by atoms with Crippen LogP contribution in [-0.4, -0.2) is 31.9 Å². The zero-order valence-corrected chi connectivity index (χ0v) is 15.6. The molecule has 0 amide bonds. The lowest BCUT2D eigenvalue weighted by atomic mass is 9.69. The molecule has 3 atom stereocenters. The number of hydrogen-bond donors (Lipinski definition) is 0. The van der Waals surface area contributed by atoms with Crippen molar-refractivity contribution in [2.24, 2.45) is 11.8 Å². The van der Waals surface area contributed by atoms with Gasteiger partial charge in [0, 0.05) is 0 Å². The van der Waals surface area contributed by atoms with E-state index in [1.54, 1.807) is 0 Å². The SMILES string of the molecule is CCCOC(=O)C1c2cc3c(cc2CC(C)C1C(=O)OCCC)OCO3. The molecule has 0 radical (unpaired) electrons. The molecule has 6 heteroatoms. The van der Waals surface area contributed by atoms with E-state index in [4.69, 9.17) is 18.9 Å². The summed E-state index contributed by atoms with van der Waals surface area (Å²) in [5.41, 5.74) is 1.78. The molecule has 0 saturated carbocycles. The molecule has 0 bridgehead atoms. The molecule has 1 aromatic carbocycles. The zero-order valence-electron chi connectivity index (χ0n) is 15.6. The van der Waals surface area contributed by atoms with E-state index in [1.165, 1.54) is 0 Å². The molecule has 0 saturated heterocycles. The molecule has 1 aromatic rings. The number of carbonyl (C=O) groups is 2. The Balaban J connectivity index is 1.99. The second-order valence-corrected chi connectivity index (χ2v) is 6.92. The Labute approximate surface area is 153 Å². The summed E-state index contributed by atoms with van der Waals surface area (Å²) in [5.74, 6) is -0.696. The van der Waals surface area contributed by atoms with E-state index in [9.17, 15) is 9.59 Å². The topological polar surface area (TPSA) is 71.1 Å². The van der Waals surface area contributed by atoms with Crippen LogP contribution in [0.2, 0.25) is 0 Å². The van der Waals surface area contributed by atoms with Crippen molar-refractivity contribution < 1.29 is 28.5 Å². The molecule has 6 nitrogen and oxygen atoms in total. The third-order valence-corrected chi connectivity index (χ3v) is 4.91. The molecule has 0 spiro atoms. The van der Waals surface area contributed by atoms with Crippen molar-refractivity contribution in [3.05, 3.63) is 23.3 Å². The molecule has 2 aliphatic rings. The van der Waals surface area contributed by atoms with Crippen LogP contribution in [0.1, 0.15) is 50.7 Å². The van der Waals surface area contributed by atoms with Gasteiger partial charge in [-0.1, -0.05) is 20.8 Å². The molecule has 1 aliphatic carbocycles. The van der Waals surface area contributed by atoms with Gasteiger partial charge in [0.25, 0.3) is 0 Å². The molecule has 26 heavy (non-hydrogen) atoms. The summed E-state index contributed by atoms with van der Waals surface area (Å²) < 4.78 is 21.7. The molecule has 3 rings (SSSR count). The van der Waals surface area contributed by atoms with E-state index in [1.807, 2.05) is 32.9 Å². The Morgan fingerprint density at radius 1 is 1.04 bits per heavy atom. The predicted octanol–water partition coefficient (Wildman–Crippen LogP) is 3.21. The predicted molar refractivity (Wildman–Crippen MR) is 94.2 cm³/mol. The maximum absolute atomic E-state index is 12.9. The first-order chi connectivity index (χ1) is 12.6. The van der Waals surface area contributed by atoms with Crippen molar-refractivity contribution in [3.8, 4) is 11.5 Å². The molecule has 142 valence electrons. The maximum Gasteiger partial charge on any atom is 0.314 e. The third kappa shape index (κ3) is 3.50. The molecule has 0 N–H and O–H groups in total. The lowest BCUT2D eigenvalue weighted by Crippen LogP contribution is -2.39. The van der Waals surface area contributed by atoms with E-state index >= 15 is 0 Å². The Hall–Kier alpha value is -2.24. The quantitative estimate of drug-likeness (QED) is 0.724. The summed E-state index contributed by atoms with van der Waals surface area (Å²) in [6.45, 7) is 6.72. The smallest absolute Gasteiger partial charge is 0.314 e. The summed E-state index contributed by atoms with van der Waals surface area (Å²) in [7, 11) is 0. The fraction of sp³-hybridized carbons (Fsp3) is 0.600. The van der Waals surface area contributed by atoms with E-state index in [0.717, 1.165) is 24.0 Å². The first-order valence-corrected chi connectivity index (χ1v) is 9.32. The Kier molecular flexibility index (Phi) is 5.69. The zero-order chi connectivity index (χ0) is 18.7. The highest BCUT2D eigenvalue weighted by Crippen LogP contribution is 2.46. The Morgan fingerprint density at radius 3 is 2.31 bits per heavy atom. The second kappa shape index (κ2) is 7.98. The third-order valence-electron chi connectivity index (χ3n) is 4.91. The van der Waals surface area contributed by atoms with Crippen molar-refractivity contribution in [3.63, 3.8) is 0 Å². The normalized spacial score (nSPS) is 23.3. The molecule has 0 aromatic heterocycles. The van der Waals surface area contributed by atoms with E-state index in [2.05, 4.69) is 0 Å². The summed E-state index contributed by atoms with van der Waals surface area (Å²) >= 11 is 0. The van der Waals surface area contributed by atoms with Gasteiger partial charge in [-0.25, -0.2) is 0 Å². The number of ether oxygens (including phenoxy) is 4. The molecular weight excluding hydrogens is 336 g/mol. The lowest BCUT2D eigenvalue weighted by molar-refractivity contribution is -0.160. The van der Waals surface area contributed by atoms with Crippen LogP contribution in [0.3, 0.4) is 0 Å². The van der Waals surface area contributed by atoms with Gasteiger partial charge < -0.3 is 18.9 Å². The summed E-state index contributed by atoms with van der Waals surface area (Å²) in [6.07, 6.45) is 2.15. The minimum absolute atomic E-state index is 0.0357. The molecule has 3 unspecified atom stereocenters. The first kappa shape index (κ1) is 18.5. The van der Waals surface area contributed by atoms with Gasteiger partial charge in [0.15, 0.2) is 11.5 Å². The Morgan fingerprint density at radius 2 is 1.65 bits per heavy atom. The van der Waals surface area contributed by atoms with Crippen molar-refractivity contribution in [2.45, 2.75) is 46.0 Å². The fourth-order valence-corrected chi connectivity index (χ4v) is 3.70. The molecular formula is C20H26O6. The first-order valence-electron chi connectivity index (χ1n) is 9.32. The number of carbonyl (C=O) groups excluding carboxylic acids is 2. The van der Waals surface area contributed by atoms with Gasteiger partial charge in [-0.3, -0.25) is 9.59 Å². The van der Waals surface area contributed by atoms with Crippen LogP contribution in [0.25, 0.3) is 0 Å². The fourth-order valence-electron chi connectivity index (χ4n) is 3.70. The number of rotatable bonds is 6. The largest absolute Gasteiger partial charge is 0.465 e. The number of esters is 2. The summed E-state index contributed by atoms with van der Waals surface area (Å²) in [4.78, 5) is 25.6. The van der Waals surface area contributed by atoms with Crippen LogP contribution >= 0.6 is 0 Å². The highest BCUT2D eigenvalue weighted by atomic mass is 16.7. The average Bonchev–Trinajstić information content (AvgIpc) is 3.08. The van der Waals surface area contributed by atoms with Crippen LogP contribution in [-0.2, 0) is 25.5 Å².